The summed E-state index contributed by atoms with van der Waals surface area (Å²) in [4.78, 5) is 11.6. The van der Waals surface area contributed by atoms with Crippen molar-refractivity contribution in [3.63, 3.8) is 0 Å². The highest BCUT2D eigenvalue weighted by Gasteiger charge is 2.10. The summed E-state index contributed by atoms with van der Waals surface area (Å²) in [6.45, 7) is 3.03. The van der Waals surface area contributed by atoms with Crippen molar-refractivity contribution < 1.29 is 14.3 Å². The summed E-state index contributed by atoms with van der Waals surface area (Å²) in [5.74, 6) is 0.371. The summed E-state index contributed by atoms with van der Waals surface area (Å²) in [6.07, 6.45) is 0. The molecule has 0 heterocycles. The van der Waals surface area contributed by atoms with E-state index in [1.54, 1.807) is 18.2 Å². The highest BCUT2D eigenvalue weighted by molar-refractivity contribution is 7.80. The Morgan fingerprint density at radius 1 is 1.24 bits per heavy atom. The second-order valence-corrected chi connectivity index (χ2v) is 5.85. The molecule has 0 saturated carbocycles. The number of thiocarbonyl (C=S) groups is 1. The van der Waals surface area contributed by atoms with E-state index in [1.807, 2.05) is 31.2 Å². The lowest BCUT2D eigenvalue weighted by Gasteiger charge is -2.14. The van der Waals surface area contributed by atoms with Gasteiger partial charge in [-0.05, 0) is 43.4 Å². The monoisotopic (exact) mass is 378 g/mol. The first-order chi connectivity index (χ1) is 12.0. The Morgan fingerprint density at radius 3 is 2.72 bits per heavy atom. The molecule has 2 aromatic rings. The van der Waals surface area contributed by atoms with Crippen LogP contribution >= 0.6 is 23.8 Å². The minimum absolute atomic E-state index is 0.384. The zero-order chi connectivity index (χ0) is 18.2. The number of methoxy groups -OCH3 is 1. The maximum absolute atomic E-state index is 11.6. The van der Waals surface area contributed by atoms with E-state index in [4.69, 9.17) is 33.3 Å². The molecule has 2 N–H and O–H groups in total. The van der Waals surface area contributed by atoms with Crippen molar-refractivity contribution in [2.24, 2.45) is 0 Å². The Labute approximate surface area is 157 Å². The number of benzene rings is 2. The third kappa shape index (κ3) is 5.34. The van der Waals surface area contributed by atoms with Crippen molar-refractivity contribution >= 4 is 40.6 Å². The average Bonchev–Trinajstić information content (AvgIpc) is 2.62. The predicted molar refractivity (Wildman–Crippen MR) is 103 cm³/mol. The number of hydrogen-bond donors (Lipinski definition) is 2. The van der Waals surface area contributed by atoms with Gasteiger partial charge in [-0.1, -0.05) is 29.8 Å². The summed E-state index contributed by atoms with van der Waals surface area (Å²) in [5.41, 5.74) is 1.90. The van der Waals surface area contributed by atoms with E-state index in [9.17, 15) is 4.79 Å². The number of carbonyl (C=O) groups excluding carboxylic acids is 1. The highest BCUT2D eigenvalue weighted by atomic mass is 35.5. The van der Waals surface area contributed by atoms with Crippen LogP contribution in [0.15, 0.2) is 42.5 Å². The zero-order valence-corrected chi connectivity index (χ0v) is 15.5. The fourth-order valence-corrected chi connectivity index (χ4v) is 2.50. The SMILES string of the molecule is CCOc1ccccc1CNC(=S)Nc1cc(C(=O)OC)ccc1Cl. The van der Waals surface area contributed by atoms with Crippen molar-refractivity contribution in [1.82, 2.24) is 5.32 Å². The van der Waals surface area contributed by atoms with Crippen LogP contribution < -0.4 is 15.4 Å². The molecule has 0 aromatic heterocycles. The number of rotatable bonds is 6. The van der Waals surface area contributed by atoms with E-state index in [1.165, 1.54) is 7.11 Å². The quantitative estimate of drug-likeness (QED) is 0.585. The molecule has 2 rings (SSSR count). The van der Waals surface area contributed by atoms with Gasteiger partial charge in [0, 0.05) is 12.1 Å². The fourth-order valence-electron chi connectivity index (χ4n) is 2.15. The van der Waals surface area contributed by atoms with Crippen molar-refractivity contribution in [3.8, 4) is 5.75 Å². The standard InChI is InChI=1S/C18H19ClN2O3S/c1-3-24-16-7-5-4-6-13(16)11-20-18(25)21-15-10-12(17(22)23-2)8-9-14(15)19/h4-10H,3,11H2,1-2H3,(H2,20,21,25). The minimum Gasteiger partial charge on any atom is -0.494 e. The first-order valence-electron chi connectivity index (χ1n) is 7.68. The number of anilines is 1. The Balaban J connectivity index is 2.02. The zero-order valence-electron chi connectivity index (χ0n) is 14.0. The molecule has 0 atom stereocenters. The van der Waals surface area contributed by atoms with Crippen LogP contribution in [-0.4, -0.2) is 24.8 Å². The van der Waals surface area contributed by atoms with Crippen molar-refractivity contribution in [2.45, 2.75) is 13.5 Å². The van der Waals surface area contributed by atoms with Gasteiger partial charge in [0.25, 0.3) is 0 Å². The van der Waals surface area contributed by atoms with Crippen molar-refractivity contribution in [1.29, 1.82) is 0 Å². The van der Waals surface area contributed by atoms with Crippen LogP contribution in [0.3, 0.4) is 0 Å². The molecule has 2 aromatic carbocycles. The van der Waals surface area contributed by atoms with Gasteiger partial charge < -0.3 is 20.1 Å². The number of carbonyl (C=O) groups is 1. The van der Waals surface area contributed by atoms with Gasteiger partial charge >= 0.3 is 5.97 Å². The van der Waals surface area contributed by atoms with E-state index in [0.717, 1.165) is 11.3 Å². The molecule has 0 fully saturated rings. The van der Waals surface area contributed by atoms with Gasteiger partial charge in [-0.25, -0.2) is 4.79 Å². The molecular weight excluding hydrogens is 360 g/mol. The van der Waals surface area contributed by atoms with E-state index in [-0.39, 0.29) is 0 Å². The Kier molecular flexibility index (Phi) is 7.03. The maximum Gasteiger partial charge on any atom is 0.337 e. The Morgan fingerprint density at radius 2 is 2.00 bits per heavy atom. The molecule has 0 unspecified atom stereocenters. The molecule has 7 heteroatoms. The van der Waals surface area contributed by atoms with Crippen LogP contribution in [0.25, 0.3) is 0 Å². The summed E-state index contributed by atoms with van der Waals surface area (Å²) in [6, 6.07) is 12.5. The Bertz CT molecular complexity index is 768. The lowest BCUT2D eigenvalue weighted by Crippen LogP contribution is -2.28. The van der Waals surface area contributed by atoms with Crippen molar-refractivity contribution in [2.75, 3.05) is 19.0 Å². The molecule has 0 saturated heterocycles. The van der Waals surface area contributed by atoms with Gasteiger partial charge in [-0.3, -0.25) is 0 Å². The molecule has 132 valence electrons. The molecule has 0 aliphatic carbocycles. The second kappa shape index (κ2) is 9.25. The van der Waals surface area contributed by atoms with Gasteiger partial charge in [0.2, 0.25) is 0 Å². The topological polar surface area (TPSA) is 59.6 Å². The number of ether oxygens (including phenoxy) is 2. The fraction of sp³-hybridized carbons (Fsp3) is 0.222. The molecule has 25 heavy (non-hydrogen) atoms. The average molecular weight is 379 g/mol. The maximum atomic E-state index is 11.6. The molecule has 0 bridgehead atoms. The van der Waals surface area contributed by atoms with Crippen LogP contribution in [0.1, 0.15) is 22.8 Å². The van der Waals surface area contributed by atoms with Crippen LogP contribution in [0.2, 0.25) is 5.02 Å². The first-order valence-corrected chi connectivity index (χ1v) is 8.47. The predicted octanol–water partition coefficient (Wildman–Crippen LogP) is 4.01. The van der Waals surface area contributed by atoms with Gasteiger partial charge in [0.1, 0.15) is 5.75 Å². The largest absolute Gasteiger partial charge is 0.494 e. The van der Waals surface area contributed by atoms with Gasteiger partial charge in [-0.15, -0.1) is 0 Å². The number of hydrogen-bond acceptors (Lipinski definition) is 4. The van der Waals surface area contributed by atoms with E-state index in [0.29, 0.717) is 34.5 Å². The number of nitrogens with one attached hydrogen (secondary N) is 2. The lowest BCUT2D eigenvalue weighted by molar-refractivity contribution is 0.0601. The number of para-hydroxylation sites is 1. The molecule has 5 nitrogen and oxygen atoms in total. The minimum atomic E-state index is -0.441. The van der Waals surface area contributed by atoms with E-state index < -0.39 is 5.97 Å². The lowest BCUT2D eigenvalue weighted by atomic mass is 10.2. The van der Waals surface area contributed by atoms with Crippen LogP contribution in [-0.2, 0) is 11.3 Å². The summed E-state index contributed by atoms with van der Waals surface area (Å²) in [5, 5.41) is 6.93. The van der Waals surface area contributed by atoms with Crippen LogP contribution in [0.4, 0.5) is 5.69 Å². The van der Waals surface area contributed by atoms with Gasteiger partial charge in [-0.2, -0.15) is 0 Å². The van der Waals surface area contributed by atoms with Gasteiger partial charge in [0.15, 0.2) is 5.11 Å². The Hall–Kier alpha value is -2.31. The molecule has 0 amide bonds. The van der Waals surface area contributed by atoms with Crippen molar-refractivity contribution in [3.05, 3.63) is 58.6 Å². The summed E-state index contributed by atoms with van der Waals surface area (Å²) in [7, 11) is 1.33. The number of esters is 1. The molecule has 0 aliphatic rings. The molecule has 0 spiro atoms. The molecule has 0 aliphatic heterocycles. The second-order valence-electron chi connectivity index (χ2n) is 5.03. The van der Waals surface area contributed by atoms with Gasteiger partial charge in [0.05, 0.1) is 30.0 Å². The highest BCUT2D eigenvalue weighted by Crippen LogP contribution is 2.23. The third-order valence-corrected chi connectivity index (χ3v) is 3.92. The summed E-state index contributed by atoms with van der Waals surface area (Å²) >= 11 is 11.5. The van der Waals surface area contributed by atoms with E-state index in [2.05, 4.69) is 10.6 Å². The first kappa shape index (κ1) is 19.0. The third-order valence-electron chi connectivity index (χ3n) is 3.35. The number of halogens is 1. The van der Waals surface area contributed by atoms with Crippen LogP contribution in [0.5, 0.6) is 5.75 Å². The smallest absolute Gasteiger partial charge is 0.337 e. The van der Waals surface area contributed by atoms with Crippen LogP contribution in [0, 0.1) is 0 Å². The summed E-state index contributed by atoms with van der Waals surface area (Å²) < 4.78 is 10.3. The molecule has 0 radical (unpaired) electrons. The normalized spacial score (nSPS) is 10.0. The molecular formula is C18H19ClN2O3S. The van der Waals surface area contributed by atoms with E-state index >= 15 is 0 Å².